The molecule has 138 valence electrons. The summed E-state index contributed by atoms with van der Waals surface area (Å²) in [7, 11) is 0. The van der Waals surface area contributed by atoms with E-state index in [0.717, 1.165) is 42.4 Å². The summed E-state index contributed by atoms with van der Waals surface area (Å²) in [6.45, 7) is 6.09. The van der Waals surface area contributed by atoms with Gasteiger partial charge in [0.15, 0.2) is 5.78 Å². The van der Waals surface area contributed by atoms with Gasteiger partial charge in [-0.2, -0.15) is 0 Å². The van der Waals surface area contributed by atoms with E-state index in [-0.39, 0.29) is 11.7 Å². The zero-order chi connectivity index (χ0) is 18.7. The van der Waals surface area contributed by atoms with Gasteiger partial charge in [0.05, 0.1) is 12.1 Å². The molecule has 0 fully saturated rings. The van der Waals surface area contributed by atoms with Crippen molar-refractivity contribution >= 4 is 44.0 Å². The van der Waals surface area contributed by atoms with Gasteiger partial charge in [-0.1, -0.05) is 29.8 Å². The molecule has 0 bridgehead atoms. The topological polar surface area (TPSA) is 49.4 Å². The van der Waals surface area contributed by atoms with Crippen LogP contribution in [0.2, 0.25) is 0 Å². The van der Waals surface area contributed by atoms with Gasteiger partial charge >= 0.3 is 0 Å². The maximum Gasteiger partial charge on any atom is 0.239 e. The van der Waals surface area contributed by atoms with Crippen molar-refractivity contribution in [3.05, 3.63) is 50.3 Å². The number of nitrogens with one attached hydrogen (secondary N) is 1. The van der Waals surface area contributed by atoms with E-state index >= 15 is 0 Å². The van der Waals surface area contributed by atoms with Crippen LogP contribution >= 0.6 is 27.3 Å². The Morgan fingerprint density at radius 3 is 2.50 bits per heavy atom. The Bertz CT molecular complexity index is 810. The maximum absolute atomic E-state index is 13.1. The second-order valence-electron chi connectivity index (χ2n) is 6.41. The maximum atomic E-state index is 13.1. The number of ketones is 1. The molecule has 4 nitrogen and oxygen atoms in total. The van der Waals surface area contributed by atoms with E-state index < -0.39 is 0 Å². The summed E-state index contributed by atoms with van der Waals surface area (Å²) in [6.07, 6.45) is 2.98. The monoisotopic (exact) mass is 434 g/mol. The molecule has 0 aliphatic heterocycles. The summed E-state index contributed by atoms with van der Waals surface area (Å²) < 4.78 is 0.942. The number of aryl methyl sites for hydroxylation is 1. The number of benzene rings is 1. The number of amides is 1. The molecule has 6 heteroatoms. The molecule has 1 heterocycles. The third-order valence-corrected chi connectivity index (χ3v) is 6.51. The van der Waals surface area contributed by atoms with E-state index in [9.17, 15) is 9.59 Å². The fourth-order valence-electron chi connectivity index (χ4n) is 3.29. The van der Waals surface area contributed by atoms with Gasteiger partial charge in [0.25, 0.3) is 0 Å². The molecule has 1 aliphatic carbocycles. The lowest BCUT2D eigenvalue weighted by Crippen LogP contribution is -2.33. The molecule has 1 N–H and O–H groups in total. The number of likely N-dealkylation sites (N-methyl/N-ethyl adjacent to an activating group) is 1. The molecular weight excluding hydrogens is 412 g/mol. The van der Waals surface area contributed by atoms with Crippen molar-refractivity contribution in [2.24, 2.45) is 0 Å². The van der Waals surface area contributed by atoms with Crippen LogP contribution in [0.1, 0.15) is 46.6 Å². The van der Waals surface area contributed by atoms with Crippen LogP contribution in [0.25, 0.3) is 0 Å². The number of fused-ring (bicyclic) bond motifs is 1. The standard InChI is InChI=1S/C20H23BrN2O2S/c1-3-23(4-2)12-17(24)22-20-18(15-6-5-7-16(15)26-20)19(25)13-8-10-14(21)11-9-13/h8-11H,3-7,12H2,1-2H3,(H,22,24). The first-order valence-electron chi connectivity index (χ1n) is 9.00. The van der Waals surface area contributed by atoms with Crippen LogP contribution in [0.3, 0.4) is 0 Å². The SMILES string of the molecule is CCN(CC)CC(=O)Nc1sc2c(c1C(=O)c1ccc(Br)cc1)CCC2. The molecule has 26 heavy (non-hydrogen) atoms. The van der Waals surface area contributed by atoms with Crippen molar-refractivity contribution < 1.29 is 9.59 Å². The van der Waals surface area contributed by atoms with E-state index in [1.165, 1.54) is 4.88 Å². The second kappa shape index (κ2) is 8.46. The molecule has 0 atom stereocenters. The fraction of sp³-hybridized carbons (Fsp3) is 0.400. The Labute approximate surface area is 166 Å². The molecule has 0 saturated carbocycles. The van der Waals surface area contributed by atoms with Gasteiger partial charge in [0, 0.05) is 14.9 Å². The van der Waals surface area contributed by atoms with Crippen molar-refractivity contribution in [2.45, 2.75) is 33.1 Å². The highest BCUT2D eigenvalue weighted by Gasteiger charge is 2.28. The highest BCUT2D eigenvalue weighted by atomic mass is 79.9. The normalized spacial score (nSPS) is 13.1. The van der Waals surface area contributed by atoms with Crippen molar-refractivity contribution in [3.8, 4) is 0 Å². The van der Waals surface area contributed by atoms with Gasteiger partial charge in [-0.3, -0.25) is 14.5 Å². The van der Waals surface area contributed by atoms with E-state index in [4.69, 9.17) is 0 Å². The number of hydrogen-bond acceptors (Lipinski definition) is 4. The second-order valence-corrected chi connectivity index (χ2v) is 8.43. The molecule has 0 radical (unpaired) electrons. The van der Waals surface area contributed by atoms with Crippen LogP contribution in [0, 0.1) is 0 Å². The Kier molecular flexibility index (Phi) is 6.27. The van der Waals surface area contributed by atoms with Crippen molar-refractivity contribution in [1.82, 2.24) is 4.90 Å². The molecule has 0 unspecified atom stereocenters. The van der Waals surface area contributed by atoms with Crippen LogP contribution in [0.4, 0.5) is 5.00 Å². The predicted octanol–water partition coefficient (Wildman–Crippen LogP) is 4.51. The first kappa shape index (κ1) is 19.3. The van der Waals surface area contributed by atoms with E-state index in [1.54, 1.807) is 11.3 Å². The summed E-state index contributed by atoms with van der Waals surface area (Å²) in [6, 6.07) is 7.40. The summed E-state index contributed by atoms with van der Waals surface area (Å²) >= 11 is 4.97. The summed E-state index contributed by atoms with van der Waals surface area (Å²) in [4.78, 5) is 28.9. The summed E-state index contributed by atoms with van der Waals surface area (Å²) in [5.41, 5.74) is 2.47. The lowest BCUT2D eigenvalue weighted by atomic mass is 10.0. The average molecular weight is 435 g/mol. The van der Waals surface area contributed by atoms with Gasteiger partial charge in [-0.15, -0.1) is 11.3 Å². The van der Waals surface area contributed by atoms with Crippen molar-refractivity contribution in [1.29, 1.82) is 0 Å². The third kappa shape index (κ3) is 4.08. The third-order valence-electron chi connectivity index (χ3n) is 4.77. The fourth-order valence-corrected chi connectivity index (χ4v) is 4.86. The van der Waals surface area contributed by atoms with Gasteiger partial charge in [-0.05, 0) is 62.2 Å². The number of nitrogens with zero attached hydrogens (tertiary/aromatic N) is 1. The predicted molar refractivity (Wildman–Crippen MR) is 110 cm³/mol. The van der Waals surface area contributed by atoms with Gasteiger partial charge < -0.3 is 5.32 Å². The molecule has 1 aromatic carbocycles. The van der Waals surface area contributed by atoms with Crippen LogP contribution in [0.15, 0.2) is 28.7 Å². The number of halogens is 1. The minimum absolute atomic E-state index is 0.00459. The van der Waals surface area contributed by atoms with Crippen LogP contribution < -0.4 is 5.32 Å². The highest BCUT2D eigenvalue weighted by Crippen LogP contribution is 2.40. The molecule has 0 saturated heterocycles. The van der Waals surface area contributed by atoms with Crippen LogP contribution in [0.5, 0.6) is 0 Å². The van der Waals surface area contributed by atoms with Gasteiger partial charge in [-0.25, -0.2) is 0 Å². The number of rotatable bonds is 7. The zero-order valence-electron chi connectivity index (χ0n) is 15.1. The summed E-state index contributed by atoms with van der Waals surface area (Å²) in [5, 5.41) is 3.72. The molecule has 2 aromatic rings. The average Bonchev–Trinajstić information content (AvgIpc) is 3.20. The first-order chi connectivity index (χ1) is 12.5. The Hall–Kier alpha value is -1.50. The van der Waals surface area contributed by atoms with Crippen molar-refractivity contribution in [3.63, 3.8) is 0 Å². The lowest BCUT2D eigenvalue weighted by molar-refractivity contribution is -0.117. The molecule has 0 spiro atoms. The quantitative estimate of drug-likeness (QED) is 0.651. The van der Waals surface area contributed by atoms with Crippen molar-refractivity contribution in [2.75, 3.05) is 25.0 Å². The molecule has 1 aromatic heterocycles. The number of hydrogen-bond donors (Lipinski definition) is 1. The number of carbonyl (C=O) groups excluding carboxylic acids is 2. The molecular formula is C20H23BrN2O2S. The van der Waals surface area contributed by atoms with Gasteiger partial charge in [0.2, 0.25) is 5.91 Å². The molecule has 1 aliphatic rings. The largest absolute Gasteiger partial charge is 0.316 e. The Morgan fingerprint density at radius 1 is 1.15 bits per heavy atom. The van der Waals surface area contributed by atoms with Crippen LogP contribution in [-0.2, 0) is 17.6 Å². The number of carbonyl (C=O) groups is 2. The molecule has 1 amide bonds. The van der Waals surface area contributed by atoms with E-state index in [1.807, 2.05) is 38.1 Å². The Morgan fingerprint density at radius 2 is 1.85 bits per heavy atom. The van der Waals surface area contributed by atoms with Crippen LogP contribution in [-0.4, -0.2) is 36.2 Å². The van der Waals surface area contributed by atoms with E-state index in [0.29, 0.717) is 22.7 Å². The van der Waals surface area contributed by atoms with E-state index in [2.05, 4.69) is 26.1 Å². The minimum Gasteiger partial charge on any atom is -0.316 e. The lowest BCUT2D eigenvalue weighted by Gasteiger charge is -2.17. The molecule has 3 rings (SSSR count). The highest BCUT2D eigenvalue weighted by molar-refractivity contribution is 9.10. The van der Waals surface area contributed by atoms with Gasteiger partial charge in [0.1, 0.15) is 5.00 Å². The number of thiophene rings is 1. The summed E-state index contributed by atoms with van der Waals surface area (Å²) in [5.74, 6) is -0.0616. The zero-order valence-corrected chi connectivity index (χ0v) is 17.5. The first-order valence-corrected chi connectivity index (χ1v) is 10.6. The minimum atomic E-state index is -0.0570. The number of anilines is 1. The smallest absolute Gasteiger partial charge is 0.239 e. The Balaban J connectivity index is 1.88.